The lowest BCUT2D eigenvalue weighted by molar-refractivity contribution is -0.141. The Balaban J connectivity index is 0.000000189. The van der Waals surface area contributed by atoms with Crippen LogP contribution in [0.15, 0.2) is 41.5 Å². The molecule has 216 valence electrons. The number of hydrazone groups is 1. The lowest BCUT2D eigenvalue weighted by Gasteiger charge is -2.27. The van der Waals surface area contributed by atoms with Crippen LogP contribution in [0, 0.1) is 11.8 Å². The van der Waals surface area contributed by atoms with Crippen molar-refractivity contribution in [2.24, 2.45) is 16.9 Å². The van der Waals surface area contributed by atoms with Crippen LogP contribution in [0.1, 0.15) is 42.6 Å². The second kappa shape index (κ2) is 12.2. The van der Waals surface area contributed by atoms with Gasteiger partial charge in [-0.25, -0.2) is 5.43 Å². The van der Waals surface area contributed by atoms with Crippen molar-refractivity contribution in [3.8, 4) is 11.5 Å². The molecule has 2 atom stereocenters. The number of anilines is 2. The zero-order valence-corrected chi connectivity index (χ0v) is 23.6. The van der Waals surface area contributed by atoms with Crippen molar-refractivity contribution in [2.75, 3.05) is 44.2 Å². The van der Waals surface area contributed by atoms with Gasteiger partial charge in [0.25, 0.3) is 11.8 Å². The van der Waals surface area contributed by atoms with Crippen LogP contribution >= 0.6 is 0 Å². The fourth-order valence-electron chi connectivity index (χ4n) is 4.58. The molecule has 41 heavy (non-hydrogen) atoms. The van der Waals surface area contributed by atoms with E-state index in [1.54, 1.807) is 44.1 Å². The molecule has 0 fully saturated rings. The van der Waals surface area contributed by atoms with Gasteiger partial charge in [-0.3, -0.25) is 24.0 Å². The van der Waals surface area contributed by atoms with Crippen LogP contribution in [0.2, 0.25) is 0 Å². The van der Waals surface area contributed by atoms with E-state index >= 15 is 0 Å². The number of nitrogens with one attached hydrogen (secondary N) is 1. The van der Waals surface area contributed by atoms with Crippen molar-refractivity contribution in [3.63, 3.8) is 0 Å². The molecule has 5 rings (SSSR count). The molecular weight excluding hydrogens is 532 g/mol. The highest BCUT2D eigenvalue weighted by atomic mass is 16.5. The van der Waals surface area contributed by atoms with Crippen molar-refractivity contribution in [3.05, 3.63) is 47.5 Å². The van der Waals surface area contributed by atoms with Crippen LogP contribution in [0.5, 0.6) is 11.5 Å². The topological polar surface area (TPSA) is 144 Å². The van der Waals surface area contributed by atoms with Crippen molar-refractivity contribution in [1.82, 2.24) is 5.43 Å². The minimum Gasteiger partial charge on any atom is -0.482 e. The molecule has 2 unspecified atom stereocenters. The van der Waals surface area contributed by atoms with Gasteiger partial charge in [-0.1, -0.05) is 19.9 Å². The SMILES string of the molecule is CC1CC(=O)NN=C1c1ccc2c(c1)OCC(=O)N2C.COC(=O)CC(C)C(=O)c1ccc2c(c1)OCC(=O)N2C. The minimum atomic E-state index is -0.474. The van der Waals surface area contributed by atoms with Gasteiger partial charge in [0.1, 0.15) is 11.5 Å². The van der Waals surface area contributed by atoms with E-state index in [0.717, 1.165) is 17.0 Å². The lowest BCUT2D eigenvalue weighted by Crippen LogP contribution is -2.36. The zero-order valence-electron chi connectivity index (χ0n) is 23.6. The maximum absolute atomic E-state index is 12.3. The molecule has 3 aliphatic heterocycles. The number of likely N-dealkylation sites (N-methyl/N-ethyl adjacent to an activating group) is 2. The number of Topliss-reactive ketones (excluding diaryl/α,β-unsaturated/α-hetero) is 1. The van der Waals surface area contributed by atoms with Gasteiger partial charge in [-0.2, -0.15) is 5.10 Å². The first-order valence-electron chi connectivity index (χ1n) is 13.0. The summed E-state index contributed by atoms with van der Waals surface area (Å²) in [5, 5.41) is 4.13. The van der Waals surface area contributed by atoms with Gasteiger partial charge in [0.2, 0.25) is 5.91 Å². The third-order valence-electron chi connectivity index (χ3n) is 7.08. The molecule has 0 aromatic heterocycles. The molecule has 12 nitrogen and oxygen atoms in total. The molecule has 0 spiro atoms. The molecule has 0 saturated heterocycles. The van der Waals surface area contributed by atoms with Crippen molar-refractivity contribution < 1.29 is 38.2 Å². The molecule has 3 aliphatic rings. The maximum atomic E-state index is 12.3. The molecule has 0 saturated carbocycles. The standard InChI is InChI=1S/C15H17NO5.C14H15N3O3/c1-9(6-14(18)20-3)15(19)10-4-5-11-12(7-10)21-8-13(17)16(11)2;1-8-5-12(18)15-16-14(8)9-3-4-10-11(6-9)20-7-13(19)17(10)2/h4-5,7,9H,6,8H2,1-3H3;3-4,6,8H,5,7H2,1-2H3,(H,15,18). The Morgan fingerprint density at radius 2 is 1.59 bits per heavy atom. The van der Waals surface area contributed by atoms with E-state index < -0.39 is 11.9 Å². The number of esters is 1. The number of carbonyl (C=O) groups is 5. The fraction of sp³-hybridized carbons (Fsp3) is 0.379. The molecule has 3 amide bonds. The van der Waals surface area contributed by atoms with E-state index in [4.69, 9.17) is 9.47 Å². The predicted octanol–water partition coefficient (Wildman–Crippen LogP) is 2.33. The second-order valence-electron chi connectivity index (χ2n) is 10.0. The summed E-state index contributed by atoms with van der Waals surface area (Å²) in [5.74, 6) is -0.114. The summed E-state index contributed by atoms with van der Waals surface area (Å²) in [5.41, 5.74) is 6.06. The first-order valence-corrected chi connectivity index (χ1v) is 13.0. The first-order chi connectivity index (χ1) is 19.5. The third-order valence-corrected chi connectivity index (χ3v) is 7.08. The van der Waals surface area contributed by atoms with Gasteiger partial charge in [-0.05, 0) is 30.3 Å². The number of nitrogens with zero attached hydrogens (tertiary/aromatic N) is 3. The molecular formula is C29H32N4O8. The molecule has 2 aromatic carbocycles. The van der Waals surface area contributed by atoms with Crippen LogP contribution in [0.3, 0.4) is 0 Å². The van der Waals surface area contributed by atoms with Crippen molar-refractivity contribution >= 4 is 46.6 Å². The number of ketones is 1. The summed E-state index contributed by atoms with van der Waals surface area (Å²) < 4.78 is 15.4. The van der Waals surface area contributed by atoms with E-state index in [1.165, 1.54) is 12.0 Å². The number of amides is 3. The summed E-state index contributed by atoms with van der Waals surface area (Å²) in [6, 6.07) is 10.5. The maximum Gasteiger partial charge on any atom is 0.306 e. The zero-order chi connectivity index (χ0) is 29.8. The second-order valence-corrected chi connectivity index (χ2v) is 10.0. The number of benzene rings is 2. The van der Waals surface area contributed by atoms with E-state index in [0.29, 0.717) is 29.2 Å². The van der Waals surface area contributed by atoms with Gasteiger partial charge in [0.05, 0.1) is 30.6 Å². The number of hydrogen-bond acceptors (Lipinski definition) is 9. The number of fused-ring (bicyclic) bond motifs is 2. The summed E-state index contributed by atoms with van der Waals surface area (Å²) in [7, 11) is 4.68. The van der Waals surface area contributed by atoms with E-state index in [-0.39, 0.29) is 49.1 Å². The number of rotatable bonds is 5. The Bertz CT molecular complexity index is 1440. The predicted molar refractivity (Wildman–Crippen MR) is 149 cm³/mol. The number of methoxy groups -OCH3 is 1. The molecule has 3 heterocycles. The fourth-order valence-corrected chi connectivity index (χ4v) is 4.58. The molecule has 2 aromatic rings. The molecule has 0 bridgehead atoms. The highest BCUT2D eigenvalue weighted by Crippen LogP contribution is 2.34. The van der Waals surface area contributed by atoms with Gasteiger partial charge in [0.15, 0.2) is 19.0 Å². The first kappa shape index (κ1) is 29.2. The Hall–Kier alpha value is -4.74. The van der Waals surface area contributed by atoms with Gasteiger partial charge >= 0.3 is 5.97 Å². The third kappa shape index (κ3) is 6.37. The highest BCUT2D eigenvalue weighted by Gasteiger charge is 2.27. The molecule has 0 radical (unpaired) electrons. The van der Waals surface area contributed by atoms with Crippen LogP contribution in [-0.4, -0.2) is 69.6 Å². The number of hydrogen-bond donors (Lipinski definition) is 1. The summed E-state index contributed by atoms with van der Waals surface area (Å²) in [4.78, 5) is 60.9. The Labute approximate surface area is 237 Å². The van der Waals surface area contributed by atoms with Crippen LogP contribution in [0.25, 0.3) is 0 Å². The Morgan fingerprint density at radius 3 is 2.17 bits per heavy atom. The summed E-state index contributed by atoms with van der Waals surface area (Å²) in [6.07, 6.45) is 0.459. The van der Waals surface area contributed by atoms with E-state index in [1.807, 2.05) is 25.1 Å². The minimum absolute atomic E-state index is 0.0334. The normalized spacial score (nSPS) is 18.3. The summed E-state index contributed by atoms with van der Waals surface area (Å²) >= 11 is 0. The van der Waals surface area contributed by atoms with Crippen LogP contribution in [0.4, 0.5) is 11.4 Å². The van der Waals surface area contributed by atoms with Gasteiger partial charge in [-0.15, -0.1) is 0 Å². The van der Waals surface area contributed by atoms with E-state index in [9.17, 15) is 24.0 Å². The van der Waals surface area contributed by atoms with Crippen molar-refractivity contribution in [2.45, 2.75) is 26.7 Å². The van der Waals surface area contributed by atoms with Crippen LogP contribution in [-0.2, 0) is 23.9 Å². The molecule has 0 aliphatic carbocycles. The van der Waals surface area contributed by atoms with Crippen LogP contribution < -0.4 is 24.7 Å². The average Bonchev–Trinajstić information content (AvgIpc) is 2.96. The number of carbonyl (C=O) groups excluding carboxylic acids is 5. The average molecular weight is 565 g/mol. The van der Waals surface area contributed by atoms with E-state index in [2.05, 4.69) is 15.3 Å². The molecule has 1 N–H and O–H groups in total. The van der Waals surface area contributed by atoms with Gasteiger partial charge < -0.3 is 24.0 Å². The quantitative estimate of drug-likeness (QED) is 0.431. The molecule has 12 heteroatoms. The Morgan fingerprint density at radius 1 is 1.00 bits per heavy atom. The largest absolute Gasteiger partial charge is 0.482 e. The highest BCUT2D eigenvalue weighted by molar-refractivity contribution is 6.07. The lowest BCUT2D eigenvalue weighted by atomic mass is 9.93. The Kier molecular flexibility index (Phi) is 8.70. The monoisotopic (exact) mass is 564 g/mol. The number of ether oxygens (including phenoxy) is 3. The van der Waals surface area contributed by atoms with Gasteiger partial charge in [0, 0.05) is 43.5 Å². The summed E-state index contributed by atoms with van der Waals surface area (Å²) in [6.45, 7) is 3.65. The van der Waals surface area contributed by atoms with Crippen molar-refractivity contribution in [1.29, 1.82) is 0 Å². The smallest absolute Gasteiger partial charge is 0.306 e.